The third-order valence-electron chi connectivity index (χ3n) is 4.02. The number of hydrogen-bond donors (Lipinski definition) is 5. The minimum atomic E-state index is -2.44. The molecule has 1 unspecified atom stereocenters. The monoisotopic (exact) mass is 335 g/mol. The van der Waals surface area contributed by atoms with Crippen LogP contribution in [-0.2, 0) is 14.3 Å². The molecule has 5 atom stereocenters. The van der Waals surface area contributed by atoms with E-state index in [4.69, 9.17) is 14.6 Å². The number of rotatable bonds is 9. The smallest absolute Gasteiger partial charge is 0.346 e. The maximum Gasteiger partial charge on any atom is 0.346 e. The van der Waals surface area contributed by atoms with Gasteiger partial charge in [-0.1, -0.05) is 32.6 Å². The average molecular weight is 335 g/mol. The number of esters is 1. The van der Waals surface area contributed by atoms with Gasteiger partial charge < -0.3 is 35.2 Å². The molecular weight excluding hydrogens is 306 g/mol. The Hall–Kier alpha value is -0.770. The molecule has 0 aromatic heterocycles. The Kier molecular flexibility index (Phi) is 8.38. The lowest BCUT2D eigenvalue weighted by Crippen LogP contribution is -2.70. The van der Waals surface area contributed by atoms with E-state index in [1.807, 2.05) is 0 Å². The first kappa shape index (κ1) is 20.3. The van der Waals surface area contributed by atoms with Crippen molar-refractivity contribution in [2.24, 2.45) is 0 Å². The summed E-state index contributed by atoms with van der Waals surface area (Å²) in [6.07, 6.45) is 0.744. The third-order valence-corrected chi connectivity index (χ3v) is 4.02. The molecule has 0 aliphatic carbocycles. The van der Waals surface area contributed by atoms with Gasteiger partial charge in [0.15, 0.2) is 0 Å². The summed E-state index contributed by atoms with van der Waals surface area (Å²) in [7, 11) is 1.42. The number of carbonyl (C=O) groups excluding carboxylic acids is 1. The minimum Gasteiger partial charge on any atom is -0.406 e. The van der Waals surface area contributed by atoms with Crippen molar-refractivity contribution in [1.82, 2.24) is 5.32 Å². The number of hydrogen-bond acceptors (Lipinski definition) is 8. The van der Waals surface area contributed by atoms with Gasteiger partial charge in [-0.05, 0) is 13.5 Å². The van der Waals surface area contributed by atoms with E-state index in [9.17, 15) is 20.1 Å². The summed E-state index contributed by atoms with van der Waals surface area (Å²) in [5, 5.41) is 42.0. The number of unbranched alkanes of at least 4 members (excludes halogenated alkanes) is 4. The van der Waals surface area contributed by atoms with Crippen molar-refractivity contribution in [3.63, 3.8) is 0 Å². The fourth-order valence-corrected chi connectivity index (χ4v) is 2.67. The van der Waals surface area contributed by atoms with Crippen LogP contribution in [0.3, 0.4) is 0 Å². The maximum absolute atomic E-state index is 11.9. The van der Waals surface area contributed by atoms with Gasteiger partial charge in [-0.15, -0.1) is 0 Å². The van der Waals surface area contributed by atoms with Crippen molar-refractivity contribution in [2.45, 2.75) is 75.8 Å². The molecule has 0 aromatic carbocycles. The van der Waals surface area contributed by atoms with Gasteiger partial charge in [0.2, 0.25) is 0 Å². The molecule has 8 heteroatoms. The number of ether oxygens (including phenoxy) is 2. The molecular formula is C15H29NO7. The highest BCUT2D eigenvalue weighted by atomic mass is 16.8. The van der Waals surface area contributed by atoms with Crippen molar-refractivity contribution in [1.29, 1.82) is 0 Å². The molecule has 5 N–H and O–H groups in total. The van der Waals surface area contributed by atoms with E-state index in [-0.39, 0.29) is 6.42 Å². The molecule has 136 valence electrons. The molecule has 23 heavy (non-hydrogen) atoms. The third kappa shape index (κ3) is 5.37. The van der Waals surface area contributed by atoms with Gasteiger partial charge in [0, 0.05) is 6.42 Å². The Morgan fingerprint density at radius 3 is 2.43 bits per heavy atom. The predicted molar refractivity (Wildman–Crippen MR) is 81.2 cm³/mol. The van der Waals surface area contributed by atoms with Crippen LogP contribution >= 0.6 is 0 Å². The summed E-state index contributed by atoms with van der Waals surface area (Å²) in [6, 6.07) is -1.23. The van der Waals surface area contributed by atoms with E-state index in [1.165, 1.54) is 7.05 Å². The standard InChI is InChI=1S/C15H29NO7/c1-3-4-5-6-7-8-11(18)23-15(21)14(16-2)13(20)12(19)10(9-17)22-15/h10,12-14,16-17,19-21H,3-9H2,1-2H3/t10-,12-,13+,14-,15?/m1/s1. The second kappa shape index (κ2) is 9.51. The Morgan fingerprint density at radius 2 is 1.87 bits per heavy atom. The summed E-state index contributed by atoms with van der Waals surface area (Å²) >= 11 is 0. The fourth-order valence-electron chi connectivity index (χ4n) is 2.67. The zero-order valence-corrected chi connectivity index (χ0v) is 13.8. The predicted octanol–water partition coefficient (Wildman–Crippen LogP) is -0.763. The van der Waals surface area contributed by atoms with Crippen molar-refractivity contribution in [3.05, 3.63) is 0 Å². The van der Waals surface area contributed by atoms with E-state index >= 15 is 0 Å². The van der Waals surface area contributed by atoms with E-state index in [0.717, 1.165) is 25.7 Å². The highest BCUT2D eigenvalue weighted by molar-refractivity contribution is 5.69. The molecule has 8 nitrogen and oxygen atoms in total. The molecule has 0 spiro atoms. The first-order chi connectivity index (χ1) is 10.9. The van der Waals surface area contributed by atoms with E-state index in [2.05, 4.69) is 12.2 Å². The van der Waals surface area contributed by atoms with E-state index < -0.39 is 42.9 Å². The van der Waals surface area contributed by atoms with Crippen LogP contribution in [0.2, 0.25) is 0 Å². The molecule has 0 saturated carbocycles. The molecule has 1 saturated heterocycles. The van der Waals surface area contributed by atoms with E-state index in [1.54, 1.807) is 0 Å². The van der Waals surface area contributed by atoms with Crippen LogP contribution in [0.1, 0.15) is 45.4 Å². The zero-order chi connectivity index (χ0) is 17.5. The molecule has 1 fully saturated rings. The summed E-state index contributed by atoms with van der Waals surface area (Å²) in [5.41, 5.74) is 0. The quantitative estimate of drug-likeness (QED) is 0.211. The van der Waals surface area contributed by atoms with Gasteiger partial charge in [-0.25, -0.2) is 0 Å². The van der Waals surface area contributed by atoms with Crippen LogP contribution in [0.4, 0.5) is 0 Å². The van der Waals surface area contributed by atoms with Gasteiger partial charge in [-0.3, -0.25) is 4.79 Å². The number of carbonyl (C=O) groups is 1. The summed E-state index contributed by atoms with van der Waals surface area (Å²) in [4.78, 5) is 11.9. The minimum absolute atomic E-state index is 0.119. The Balaban J connectivity index is 2.61. The molecule has 0 amide bonds. The number of aliphatic hydroxyl groups excluding tert-OH is 3. The van der Waals surface area contributed by atoms with Crippen molar-refractivity contribution in [2.75, 3.05) is 13.7 Å². The molecule has 1 heterocycles. The SMILES string of the molecule is CCCCCCCC(=O)OC1(O)O[C@H](CO)[C@@H](O)[C@H](O)[C@H]1NC. The van der Waals surface area contributed by atoms with E-state index in [0.29, 0.717) is 6.42 Å². The summed E-state index contributed by atoms with van der Waals surface area (Å²) in [5.74, 6) is -3.11. The maximum atomic E-state index is 11.9. The second-order valence-electron chi connectivity index (χ2n) is 5.86. The van der Waals surface area contributed by atoms with Crippen LogP contribution in [0.5, 0.6) is 0 Å². The van der Waals surface area contributed by atoms with Gasteiger partial charge in [0.1, 0.15) is 24.4 Å². The molecule has 0 aromatic rings. The molecule has 1 rings (SSSR count). The molecule has 1 aliphatic heterocycles. The summed E-state index contributed by atoms with van der Waals surface area (Å²) in [6.45, 7) is 1.46. The first-order valence-electron chi connectivity index (χ1n) is 8.15. The molecule has 0 bridgehead atoms. The van der Waals surface area contributed by atoms with Crippen LogP contribution in [-0.4, -0.2) is 70.4 Å². The lowest BCUT2D eigenvalue weighted by molar-refractivity contribution is -0.410. The fraction of sp³-hybridized carbons (Fsp3) is 0.933. The molecule has 1 aliphatic rings. The first-order valence-corrected chi connectivity index (χ1v) is 8.15. The average Bonchev–Trinajstić information content (AvgIpc) is 2.51. The number of nitrogens with one attached hydrogen (secondary N) is 1. The highest BCUT2D eigenvalue weighted by Gasteiger charge is 2.55. The van der Waals surface area contributed by atoms with Crippen LogP contribution in [0.25, 0.3) is 0 Å². The van der Waals surface area contributed by atoms with Gasteiger partial charge in [-0.2, -0.15) is 0 Å². The second-order valence-corrected chi connectivity index (χ2v) is 5.86. The number of likely N-dealkylation sites (N-methyl/N-ethyl adjacent to an activating group) is 1. The highest BCUT2D eigenvalue weighted by Crippen LogP contribution is 2.29. The lowest BCUT2D eigenvalue weighted by Gasteiger charge is -2.45. The van der Waals surface area contributed by atoms with Crippen LogP contribution in [0, 0.1) is 0 Å². The topological polar surface area (TPSA) is 128 Å². The van der Waals surface area contributed by atoms with Crippen molar-refractivity contribution >= 4 is 5.97 Å². The van der Waals surface area contributed by atoms with Gasteiger partial charge >= 0.3 is 11.9 Å². The Bertz CT molecular complexity index is 368. The largest absolute Gasteiger partial charge is 0.406 e. The van der Waals surface area contributed by atoms with Gasteiger partial charge in [0.25, 0.3) is 0 Å². The normalized spacial score (nSPS) is 34.3. The van der Waals surface area contributed by atoms with Gasteiger partial charge in [0.05, 0.1) is 6.61 Å². The van der Waals surface area contributed by atoms with Crippen LogP contribution < -0.4 is 5.32 Å². The number of aliphatic hydroxyl groups is 4. The Morgan fingerprint density at radius 1 is 1.22 bits per heavy atom. The zero-order valence-electron chi connectivity index (χ0n) is 13.8. The summed E-state index contributed by atoms with van der Waals surface area (Å²) < 4.78 is 10.1. The Labute approximate surface area is 136 Å². The van der Waals surface area contributed by atoms with Crippen LogP contribution in [0.15, 0.2) is 0 Å². The lowest BCUT2D eigenvalue weighted by atomic mass is 9.95. The van der Waals surface area contributed by atoms with Crippen molar-refractivity contribution < 1.29 is 34.7 Å². The molecule has 0 radical (unpaired) electrons. The van der Waals surface area contributed by atoms with Crippen molar-refractivity contribution in [3.8, 4) is 0 Å².